The van der Waals surface area contributed by atoms with Crippen LogP contribution in [0.25, 0.3) is 0 Å². The molecule has 4 aromatic rings. The second-order valence-electron chi connectivity index (χ2n) is 7.60. The lowest BCUT2D eigenvalue weighted by molar-refractivity contribution is -0.119. The van der Waals surface area contributed by atoms with E-state index in [1.807, 2.05) is 5.32 Å². The van der Waals surface area contributed by atoms with Crippen LogP contribution in [0.3, 0.4) is 0 Å². The maximum absolute atomic E-state index is 13.8. The van der Waals surface area contributed by atoms with E-state index in [0.717, 1.165) is 59.1 Å². The van der Waals surface area contributed by atoms with Crippen molar-refractivity contribution in [2.24, 2.45) is 0 Å². The number of anilines is 3. The van der Waals surface area contributed by atoms with Crippen molar-refractivity contribution in [1.29, 1.82) is 0 Å². The normalized spacial score (nSPS) is 11.5. The van der Waals surface area contributed by atoms with Gasteiger partial charge in [-0.2, -0.15) is 0 Å². The van der Waals surface area contributed by atoms with Crippen molar-refractivity contribution in [2.45, 2.75) is 8.42 Å². The van der Waals surface area contributed by atoms with Crippen LogP contribution in [-0.2, 0) is 29.6 Å². The van der Waals surface area contributed by atoms with E-state index in [2.05, 4.69) is 9.44 Å². The SMILES string of the molecule is O=C(COC(=O)c1cc(NS(=O)(=O)c2cccs2)cc(NS(=O)(=O)c2cccs2)c1)Nc1c(F)cccc1F. The highest BCUT2D eigenvalue weighted by molar-refractivity contribution is 7.95. The number of halogens is 2. The molecule has 0 aliphatic heterocycles. The molecule has 39 heavy (non-hydrogen) atoms. The number of carbonyl (C=O) groups excluding carboxylic acids is 2. The van der Waals surface area contributed by atoms with Crippen molar-refractivity contribution < 1.29 is 39.9 Å². The van der Waals surface area contributed by atoms with Gasteiger partial charge in [-0.15, -0.1) is 22.7 Å². The van der Waals surface area contributed by atoms with E-state index in [1.54, 1.807) is 10.8 Å². The highest BCUT2D eigenvalue weighted by Crippen LogP contribution is 2.27. The summed E-state index contributed by atoms with van der Waals surface area (Å²) >= 11 is 1.87. The summed E-state index contributed by atoms with van der Waals surface area (Å²) in [6.45, 7) is -0.950. The molecule has 0 saturated heterocycles. The van der Waals surface area contributed by atoms with Crippen molar-refractivity contribution in [1.82, 2.24) is 0 Å². The molecule has 10 nitrogen and oxygen atoms in total. The number of ether oxygens (including phenoxy) is 1. The van der Waals surface area contributed by atoms with E-state index in [4.69, 9.17) is 4.74 Å². The number of amides is 1. The molecule has 1 amide bonds. The Balaban J connectivity index is 1.57. The number of hydrogen-bond donors (Lipinski definition) is 3. The van der Waals surface area contributed by atoms with Crippen LogP contribution in [0.4, 0.5) is 25.8 Å². The first-order chi connectivity index (χ1) is 18.4. The number of esters is 1. The van der Waals surface area contributed by atoms with Gasteiger partial charge in [0.1, 0.15) is 25.7 Å². The molecule has 0 unspecified atom stereocenters. The number of sulfonamides is 2. The number of hydrogen-bond acceptors (Lipinski definition) is 9. The van der Waals surface area contributed by atoms with Crippen LogP contribution < -0.4 is 14.8 Å². The Labute approximate surface area is 229 Å². The molecule has 2 heterocycles. The molecule has 4 rings (SSSR count). The largest absolute Gasteiger partial charge is 0.452 e. The molecular formula is C23H17F2N3O7S4. The van der Waals surface area contributed by atoms with E-state index in [0.29, 0.717) is 0 Å². The summed E-state index contributed by atoms with van der Waals surface area (Å²) in [6, 6.07) is 12.0. The average molecular weight is 614 g/mol. The fourth-order valence-corrected chi connectivity index (χ4v) is 7.18. The fourth-order valence-electron chi connectivity index (χ4n) is 3.11. The molecule has 2 aromatic heterocycles. The van der Waals surface area contributed by atoms with Crippen LogP contribution in [0.2, 0.25) is 0 Å². The van der Waals surface area contributed by atoms with Crippen molar-refractivity contribution >= 4 is 71.7 Å². The summed E-state index contributed by atoms with van der Waals surface area (Å²) in [5, 5.41) is 5.04. The lowest BCUT2D eigenvalue weighted by atomic mass is 10.2. The molecule has 0 saturated carbocycles. The van der Waals surface area contributed by atoms with Crippen molar-refractivity contribution in [3.05, 3.63) is 88.6 Å². The first-order valence-corrected chi connectivity index (χ1v) is 15.4. The summed E-state index contributed by atoms with van der Waals surface area (Å²) in [5.74, 6) is -4.28. The van der Waals surface area contributed by atoms with Gasteiger partial charge in [0.2, 0.25) is 0 Å². The van der Waals surface area contributed by atoms with Crippen molar-refractivity contribution in [3.63, 3.8) is 0 Å². The first kappa shape index (κ1) is 28.2. The van der Waals surface area contributed by atoms with Gasteiger partial charge in [-0.25, -0.2) is 30.4 Å². The van der Waals surface area contributed by atoms with Gasteiger partial charge in [-0.05, 0) is 53.2 Å². The topological polar surface area (TPSA) is 148 Å². The summed E-state index contributed by atoms with van der Waals surface area (Å²) in [7, 11) is -8.16. The monoisotopic (exact) mass is 613 g/mol. The summed E-state index contributed by atoms with van der Waals surface area (Å²) < 4.78 is 87.7. The molecule has 2 aromatic carbocycles. The van der Waals surface area contributed by atoms with Crippen LogP contribution in [0.1, 0.15) is 10.4 Å². The van der Waals surface area contributed by atoms with Crippen LogP contribution in [0, 0.1) is 11.6 Å². The van der Waals surface area contributed by atoms with Crippen LogP contribution >= 0.6 is 22.7 Å². The molecule has 0 aliphatic carbocycles. The second-order valence-corrected chi connectivity index (χ2v) is 13.3. The third-order valence-corrected chi connectivity index (χ3v) is 10.3. The zero-order valence-corrected chi connectivity index (χ0v) is 22.6. The third kappa shape index (κ3) is 6.97. The van der Waals surface area contributed by atoms with E-state index in [9.17, 15) is 35.2 Å². The second kappa shape index (κ2) is 11.5. The van der Waals surface area contributed by atoms with E-state index in [1.165, 1.54) is 24.3 Å². The lowest BCUT2D eigenvalue weighted by Crippen LogP contribution is -2.22. The highest BCUT2D eigenvalue weighted by Gasteiger charge is 2.21. The Hall–Kier alpha value is -3.86. The molecule has 0 radical (unpaired) electrons. The zero-order valence-electron chi connectivity index (χ0n) is 19.4. The molecule has 0 fully saturated rings. The average Bonchev–Trinajstić information content (AvgIpc) is 3.59. The van der Waals surface area contributed by atoms with Gasteiger partial charge in [0, 0.05) is 0 Å². The van der Waals surface area contributed by atoms with E-state index in [-0.39, 0.29) is 25.4 Å². The number of para-hydroxylation sites is 1. The van der Waals surface area contributed by atoms with Gasteiger partial charge in [0.25, 0.3) is 26.0 Å². The Morgan fingerprint density at radius 1 is 0.769 bits per heavy atom. The van der Waals surface area contributed by atoms with Crippen LogP contribution in [0.5, 0.6) is 0 Å². The Morgan fingerprint density at radius 2 is 1.28 bits per heavy atom. The predicted molar refractivity (Wildman–Crippen MR) is 142 cm³/mol. The lowest BCUT2D eigenvalue weighted by Gasteiger charge is -2.13. The molecule has 3 N–H and O–H groups in total. The molecule has 0 spiro atoms. The molecule has 0 aliphatic rings. The molecule has 0 atom stereocenters. The minimum atomic E-state index is -4.08. The fraction of sp³-hybridized carbons (Fsp3) is 0.0435. The Morgan fingerprint density at radius 3 is 1.74 bits per heavy atom. The third-order valence-electron chi connectivity index (χ3n) is 4.75. The predicted octanol–water partition coefficient (Wildman–Crippen LogP) is 4.48. The van der Waals surface area contributed by atoms with Crippen molar-refractivity contribution in [3.8, 4) is 0 Å². The maximum Gasteiger partial charge on any atom is 0.338 e. The van der Waals surface area contributed by atoms with Gasteiger partial charge >= 0.3 is 5.97 Å². The zero-order chi connectivity index (χ0) is 28.2. The van der Waals surface area contributed by atoms with Gasteiger partial charge < -0.3 is 10.1 Å². The standard InChI is InChI=1S/C23H17F2N3O7S4/c24-17-4-1-5-18(25)22(17)26-19(29)13-35-23(30)14-10-15(27-38(31,32)20-6-2-8-36-20)12-16(11-14)28-39(33,34)21-7-3-9-37-21/h1-12,27-28H,13H2,(H,26,29). The molecule has 204 valence electrons. The molecule has 0 bridgehead atoms. The maximum atomic E-state index is 13.8. The molecular weight excluding hydrogens is 597 g/mol. The Kier molecular flexibility index (Phi) is 8.29. The van der Waals surface area contributed by atoms with Gasteiger partial charge in [-0.3, -0.25) is 14.2 Å². The summed E-state index contributed by atoms with van der Waals surface area (Å²) in [4.78, 5) is 24.8. The summed E-state index contributed by atoms with van der Waals surface area (Å²) in [6.07, 6.45) is 0. The van der Waals surface area contributed by atoms with Crippen LogP contribution in [-0.4, -0.2) is 35.3 Å². The summed E-state index contributed by atoms with van der Waals surface area (Å²) in [5.41, 5.74) is -1.41. The quantitative estimate of drug-likeness (QED) is 0.223. The molecule has 16 heteroatoms. The number of carbonyl (C=O) groups is 2. The first-order valence-electron chi connectivity index (χ1n) is 10.6. The van der Waals surface area contributed by atoms with Gasteiger partial charge in [0.05, 0.1) is 16.9 Å². The highest BCUT2D eigenvalue weighted by atomic mass is 32.3. The number of nitrogens with one attached hydrogen (secondary N) is 3. The van der Waals surface area contributed by atoms with Gasteiger partial charge in [0.15, 0.2) is 6.61 Å². The smallest absolute Gasteiger partial charge is 0.338 e. The van der Waals surface area contributed by atoms with Gasteiger partial charge in [-0.1, -0.05) is 18.2 Å². The Bertz CT molecular complexity index is 1620. The van der Waals surface area contributed by atoms with E-state index >= 15 is 0 Å². The number of rotatable bonds is 10. The van der Waals surface area contributed by atoms with Crippen LogP contribution in [0.15, 0.2) is 79.8 Å². The van der Waals surface area contributed by atoms with E-state index < -0.39 is 55.9 Å². The number of benzene rings is 2. The van der Waals surface area contributed by atoms with Crippen molar-refractivity contribution in [2.75, 3.05) is 21.4 Å². The number of thiophene rings is 2. The minimum Gasteiger partial charge on any atom is -0.452 e. The minimum absolute atomic E-state index is 0.0340.